The van der Waals surface area contributed by atoms with Gasteiger partial charge in [0.25, 0.3) is 0 Å². The molecule has 1 N–H and O–H groups in total. The van der Waals surface area contributed by atoms with Crippen molar-refractivity contribution in [2.45, 2.75) is 24.3 Å². The van der Waals surface area contributed by atoms with Gasteiger partial charge in [0.15, 0.2) is 0 Å². The lowest BCUT2D eigenvalue weighted by Crippen LogP contribution is -2.11. The van der Waals surface area contributed by atoms with Crippen LogP contribution in [0.15, 0.2) is 70.5 Å². The molecule has 3 nitrogen and oxygen atoms in total. The molecule has 0 aliphatic carbocycles. The number of hydrogen-bond acceptors (Lipinski definition) is 3. The average Bonchev–Trinajstić information content (AvgIpc) is 2.48. The molecule has 0 amide bonds. The molecule has 0 saturated heterocycles. The van der Waals surface area contributed by atoms with Crippen molar-refractivity contribution in [2.24, 2.45) is 0 Å². The van der Waals surface area contributed by atoms with Crippen LogP contribution in [0.1, 0.15) is 18.9 Å². The normalized spacial score (nSPS) is 13.9. The van der Waals surface area contributed by atoms with Crippen LogP contribution in [0.5, 0.6) is 0 Å². The zero-order chi connectivity index (χ0) is 15.3. The maximum Gasteiger partial charge on any atom is 0.202 e. The van der Waals surface area contributed by atoms with Crippen molar-refractivity contribution in [3.8, 4) is 0 Å². The Morgan fingerprint density at radius 1 is 1.05 bits per heavy atom. The SMILES string of the molecule is CC(O)C/C(=C\c1ccccc1)S(=O)(=O)c1ccccc1. The molecule has 0 aliphatic heterocycles. The third-order valence-corrected chi connectivity index (χ3v) is 4.89. The summed E-state index contributed by atoms with van der Waals surface area (Å²) in [6.07, 6.45) is 0.986. The molecule has 0 heterocycles. The zero-order valence-corrected chi connectivity index (χ0v) is 12.6. The number of aliphatic hydroxyl groups is 1. The predicted molar refractivity (Wildman–Crippen MR) is 84.3 cm³/mol. The molecule has 2 aromatic rings. The molecule has 0 aliphatic rings. The van der Waals surface area contributed by atoms with Gasteiger partial charge in [-0.1, -0.05) is 48.5 Å². The lowest BCUT2D eigenvalue weighted by molar-refractivity contribution is 0.197. The van der Waals surface area contributed by atoms with Crippen LogP contribution < -0.4 is 0 Å². The fourth-order valence-corrected chi connectivity index (χ4v) is 3.59. The first-order valence-corrected chi connectivity index (χ1v) is 8.22. The van der Waals surface area contributed by atoms with Gasteiger partial charge in [-0.15, -0.1) is 0 Å². The molecule has 0 fully saturated rings. The van der Waals surface area contributed by atoms with Gasteiger partial charge in [0.1, 0.15) is 0 Å². The summed E-state index contributed by atoms with van der Waals surface area (Å²) in [6.45, 7) is 1.58. The summed E-state index contributed by atoms with van der Waals surface area (Å²) in [7, 11) is -3.59. The second-order valence-corrected chi connectivity index (χ2v) is 6.89. The van der Waals surface area contributed by atoms with E-state index in [0.717, 1.165) is 5.56 Å². The van der Waals surface area contributed by atoms with Crippen LogP contribution in [-0.2, 0) is 9.84 Å². The van der Waals surface area contributed by atoms with E-state index < -0.39 is 15.9 Å². The van der Waals surface area contributed by atoms with Crippen molar-refractivity contribution >= 4 is 15.9 Å². The standard InChI is InChI=1S/C17H18O3S/c1-14(18)12-17(13-15-8-4-2-5-9-15)21(19,20)16-10-6-3-7-11-16/h2-11,13-14,18H,12H2,1H3/b17-13+. The molecule has 4 heteroatoms. The Labute approximate surface area is 125 Å². The van der Waals surface area contributed by atoms with Crippen LogP contribution in [0.3, 0.4) is 0 Å². The van der Waals surface area contributed by atoms with E-state index in [1.165, 1.54) is 0 Å². The Morgan fingerprint density at radius 2 is 1.57 bits per heavy atom. The van der Waals surface area contributed by atoms with E-state index in [2.05, 4.69) is 0 Å². The number of aliphatic hydroxyl groups excluding tert-OH is 1. The van der Waals surface area contributed by atoms with Crippen LogP contribution >= 0.6 is 0 Å². The summed E-state index contributed by atoms with van der Waals surface area (Å²) in [5.74, 6) is 0. The minimum absolute atomic E-state index is 0.0894. The van der Waals surface area contributed by atoms with Gasteiger partial charge in [0.05, 0.1) is 15.9 Å². The van der Waals surface area contributed by atoms with Gasteiger partial charge in [0.2, 0.25) is 9.84 Å². The molecule has 1 unspecified atom stereocenters. The van der Waals surface area contributed by atoms with Gasteiger partial charge in [-0.3, -0.25) is 0 Å². The predicted octanol–water partition coefficient (Wildman–Crippen LogP) is 3.27. The minimum atomic E-state index is -3.59. The summed E-state index contributed by atoms with van der Waals surface area (Å²) >= 11 is 0. The molecule has 0 aromatic heterocycles. The highest BCUT2D eigenvalue weighted by atomic mass is 32.2. The van der Waals surface area contributed by atoms with Gasteiger partial charge < -0.3 is 5.11 Å². The lowest BCUT2D eigenvalue weighted by atomic mass is 10.2. The lowest BCUT2D eigenvalue weighted by Gasteiger charge is -2.11. The van der Waals surface area contributed by atoms with Gasteiger partial charge in [-0.2, -0.15) is 0 Å². The molecule has 0 radical (unpaired) electrons. The van der Waals surface area contributed by atoms with Crippen molar-refractivity contribution in [3.05, 3.63) is 71.1 Å². The highest BCUT2D eigenvalue weighted by Crippen LogP contribution is 2.25. The summed E-state index contributed by atoms with van der Waals surface area (Å²) in [5.41, 5.74) is 0.799. The number of benzene rings is 2. The van der Waals surface area contributed by atoms with Gasteiger partial charge in [-0.05, 0) is 30.7 Å². The third-order valence-electron chi connectivity index (χ3n) is 3.02. The first-order valence-electron chi connectivity index (χ1n) is 6.74. The molecule has 21 heavy (non-hydrogen) atoms. The van der Waals surface area contributed by atoms with E-state index in [-0.39, 0.29) is 16.2 Å². The smallest absolute Gasteiger partial charge is 0.202 e. The van der Waals surface area contributed by atoms with Crippen molar-refractivity contribution in [1.82, 2.24) is 0 Å². The highest BCUT2D eigenvalue weighted by molar-refractivity contribution is 7.95. The van der Waals surface area contributed by atoms with Crippen LogP contribution in [0.2, 0.25) is 0 Å². The van der Waals surface area contributed by atoms with Gasteiger partial charge in [-0.25, -0.2) is 8.42 Å². The molecule has 0 spiro atoms. The molecule has 1 atom stereocenters. The third kappa shape index (κ3) is 4.03. The number of sulfone groups is 1. The molecular formula is C17H18O3S. The number of hydrogen-bond donors (Lipinski definition) is 1. The first kappa shape index (κ1) is 15.5. The second-order valence-electron chi connectivity index (χ2n) is 4.89. The summed E-state index contributed by atoms with van der Waals surface area (Å²) in [5, 5.41) is 9.61. The fourth-order valence-electron chi connectivity index (χ4n) is 2.02. The Balaban J connectivity index is 2.48. The Morgan fingerprint density at radius 3 is 2.10 bits per heavy atom. The van der Waals surface area contributed by atoms with Crippen molar-refractivity contribution in [2.75, 3.05) is 0 Å². The van der Waals surface area contributed by atoms with E-state index >= 15 is 0 Å². The van der Waals surface area contributed by atoms with Gasteiger partial charge in [0, 0.05) is 6.42 Å². The molecule has 110 valence electrons. The van der Waals surface area contributed by atoms with Crippen LogP contribution in [-0.4, -0.2) is 19.6 Å². The number of rotatable bonds is 5. The van der Waals surface area contributed by atoms with E-state index in [4.69, 9.17) is 0 Å². The fraction of sp³-hybridized carbons (Fsp3) is 0.176. The maximum absolute atomic E-state index is 12.7. The quantitative estimate of drug-likeness (QED) is 0.922. The van der Waals surface area contributed by atoms with E-state index in [1.54, 1.807) is 43.3 Å². The van der Waals surface area contributed by atoms with Crippen LogP contribution in [0.4, 0.5) is 0 Å². The summed E-state index contributed by atoms with van der Waals surface area (Å²) in [6, 6.07) is 17.5. The Hall–Kier alpha value is -1.91. The monoisotopic (exact) mass is 302 g/mol. The van der Waals surface area contributed by atoms with Crippen LogP contribution in [0.25, 0.3) is 6.08 Å². The van der Waals surface area contributed by atoms with Crippen molar-refractivity contribution in [3.63, 3.8) is 0 Å². The Bertz CT molecular complexity index is 702. The Kier molecular flexibility index (Phi) is 4.94. The highest BCUT2D eigenvalue weighted by Gasteiger charge is 2.21. The van der Waals surface area contributed by atoms with Crippen LogP contribution in [0, 0.1) is 0 Å². The van der Waals surface area contributed by atoms with Gasteiger partial charge >= 0.3 is 0 Å². The van der Waals surface area contributed by atoms with E-state index in [0.29, 0.717) is 0 Å². The molecule has 0 bridgehead atoms. The molecule has 2 rings (SSSR count). The minimum Gasteiger partial charge on any atom is -0.393 e. The summed E-state index contributed by atoms with van der Waals surface area (Å²) in [4.78, 5) is 0.461. The topological polar surface area (TPSA) is 54.4 Å². The van der Waals surface area contributed by atoms with E-state index in [9.17, 15) is 13.5 Å². The average molecular weight is 302 g/mol. The van der Waals surface area contributed by atoms with Crippen molar-refractivity contribution in [1.29, 1.82) is 0 Å². The molecule has 2 aromatic carbocycles. The molecule has 0 saturated carbocycles. The first-order chi connectivity index (χ1) is 10.00. The molecular weight excluding hydrogens is 284 g/mol. The second kappa shape index (κ2) is 6.70. The maximum atomic E-state index is 12.7. The van der Waals surface area contributed by atoms with E-state index in [1.807, 2.05) is 30.3 Å². The summed E-state index contributed by atoms with van der Waals surface area (Å²) < 4.78 is 25.4. The zero-order valence-electron chi connectivity index (χ0n) is 11.8. The largest absolute Gasteiger partial charge is 0.393 e. The van der Waals surface area contributed by atoms with Crippen molar-refractivity contribution < 1.29 is 13.5 Å².